The van der Waals surface area contributed by atoms with E-state index in [-0.39, 0.29) is 11.7 Å². The number of ether oxygens (including phenoxy) is 1. The number of primary amides is 1. The van der Waals surface area contributed by atoms with Crippen molar-refractivity contribution in [1.29, 1.82) is 0 Å². The molecular formula is C20H20FN3O5S. The van der Waals surface area contributed by atoms with Gasteiger partial charge in [-0.15, -0.1) is 11.8 Å². The Morgan fingerprint density at radius 1 is 0.967 bits per heavy atom. The molecule has 0 radical (unpaired) electrons. The van der Waals surface area contributed by atoms with Crippen LogP contribution in [0.1, 0.15) is 17.3 Å². The lowest BCUT2D eigenvalue weighted by Gasteiger charge is -2.12. The second-order valence-electron chi connectivity index (χ2n) is 6.11. The highest BCUT2D eigenvalue weighted by Crippen LogP contribution is 2.14. The molecule has 1 unspecified atom stereocenters. The van der Waals surface area contributed by atoms with Crippen LogP contribution in [0, 0.1) is 5.82 Å². The first-order valence-electron chi connectivity index (χ1n) is 8.78. The fraction of sp³-hybridized carbons (Fsp3) is 0.200. The van der Waals surface area contributed by atoms with E-state index in [2.05, 4.69) is 10.6 Å². The van der Waals surface area contributed by atoms with Gasteiger partial charge in [-0.05, 0) is 55.5 Å². The van der Waals surface area contributed by atoms with E-state index < -0.39 is 35.5 Å². The second-order valence-corrected chi connectivity index (χ2v) is 7.43. The zero-order valence-corrected chi connectivity index (χ0v) is 16.8. The molecule has 2 aromatic rings. The Kier molecular flexibility index (Phi) is 8.36. The van der Waals surface area contributed by atoms with Crippen molar-refractivity contribution in [1.82, 2.24) is 0 Å². The maximum Gasteiger partial charge on any atom is 0.319 e. The van der Waals surface area contributed by atoms with E-state index in [1.807, 2.05) is 0 Å². The van der Waals surface area contributed by atoms with Gasteiger partial charge >= 0.3 is 5.97 Å². The Labute approximate surface area is 176 Å². The predicted octanol–water partition coefficient (Wildman–Crippen LogP) is 2.17. The molecule has 0 saturated heterocycles. The summed E-state index contributed by atoms with van der Waals surface area (Å²) in [4.78, 5) is 46.8. The molecule has 2 aromatic carbocycles. The van der Waals surface area contributed by atoms with Gasteiger partial charge in [0.05, 0.1) is 5.75 Å². The molecule has 0 aliphatic rings. The molecule has 0 heterocycles. The summed E-state index contributed by atoms with van der Waals surface area (Å²) in [6.07, 6.45) is 0. The standard InChI is InChI=1S/C20H20FN3O5S/c1-12(30-11-18(26)24-16-8-4-14(21)5-9-16)20(28)29-10-17(25)23-15-6-2-13(3-7-15)19(22)27/h2-9,12H,10-11H2,1H3,(H2,22,27)(H,23,25)(H,24,26). The van der Waals surface area contributed by atoms with Crippen molar-refractivity contribution in [3.63, 3.8) is 0 Å². The van der Waals surface area contributed by atoms with Gasteiger partial charge < -0.3 is 21.1 Å². The summed E-state index contributed by atoms with van der Waals surface area (Å²) in [5.74, 6) is -2.57. The molecule has 0 aromatic heterocycles. The van der Waals surface area contributed by atoms with Gasteiger partial charge in [-0.2, -0.15) is 0 Å². The van der Waals surface area contributed by atoms with Crippen LogP contribution < -0.4 is 16.4 Å². The van der Waals surface area contributed by atoms with Gasteiger partial charge in [-0.3, -0.25) is 19.2 Å². The number of hydrogen-bond acceptors (Lipinski definition) is 6. The molecule has 2 rings (SSSR count). The Morgan fingerprint density at radius 2 is 1.50 bits per heavy atom. The minimum absolute atomic E-state index is 0.0218. The number of anilines is 2. The molecule has 30 heavy (non-hydrogen) atoms. The highest BCUT2D eigenvalue weighted by Gasteiger charge is 2.18. The molecule has 3 amide bonds. The molecule has 0 fully saturated rings. The SMILES string of the molecule is CC(SCC(=O)Nc1ccc(F)cc1)C(=O)OCC(=O)Nc1ccc(C(N)=O)cc1. The first kappa shape index (κ1) is 22.9. The monoisotopic (exact) mass is 433 g/mol. The van der Waals surface area contributed by atoms with E-state index in [9.17, 15) is 23.6 Å². The fourth-order valence-corrected chi connectivity index (χ4v) is 2.85. The number of halogens is 1. The van der Waals surface area contributed by atoms with E-state index >= 15 is 0 Å². The summed E-state index contributed by atoms with van der Waals surface area (Å²) in [7, 11) is 0. The Bertz CT molecular complexity index is 919. The minimum Gasteiger partial charge on any atom is -0.455 e. The van der Waals surface area contributed by atoms with Crippen LogP contribution >= 0.6 is 11.8 Å². The van der Waals surface area contributed by atoms with Crippen LogP contribution in [0.4, 0.5) is 15.8 Å². The van der Waals surface area contributed by atoms with Gasteiger partial charge in [-0.1, -0.05) is 0 Å². The first-order valence-corrected chi connectivity index (χ1v) is 9.83. The number of nitrogens with one attached hydrogen (secondary N) is 2. The summed E-state index contributed by atoms with van der Waals surface area (Å²) >= 11 is 1.04. The van der Waals surface area contributed by atoms with Gasteiger partial charge in [0.15, 0.2) is 6.61 Å². The molecule has 158 valence electrons. The molecule has 0 aliphatic heterocycles. The lowest BCUT2D eigenvalue weighted by atomic mass is 10.2. The van der Waals surface area contributed by atoms with Crippen LogP contribution in [-0.2, 0) is 19.1 Å². The van der Waals surface area contributed by atoms with Crippen LogP contribution in [0.5, 0.6) is 0 Å². The minimum atomic E-state index is -0.674. The lowest BCUT2D eigenvalue weighted by Crippen LogP contribution is -2.26. The number of amides is 3. The Balaban J connectivity index is 1.70. The van der Waals surface area contributed by atoms with E-state index in [1.165, 1.54) is 48.5 Å². The molecular weight excluding hydrogens is 413 g/mol. The van der Waals surface area contributed by atoms with E-state index in [1.54, 1.807) is 6.92 Å². The van der Waals surface area contributed by atoms with Gasteiger partial charge in [0.25, 0.3) is 5.91 Å². The molecule has 4 N–H and O–H groups in total. The summed E-state index contributed by atoms with van der Waals surface area (Å²) < 4.78 is 17.8. The third-order valence-corrected chi connectivity index (χ3v) is 4.84. The number of benzene rings is 2. The van der Waals surface area contributed by atoms with Crippen molar-refractivity contribution in [2.24, 2.45) is 5.73 Å². The summed E-state index contributed by atoms with van der Waals surface area (Å²) in [5.41, 5.74) is 6.30. The number of hydrogen-bond donors (Lipinski definition) is 3. The van der Waals surface area contributed by atoms with Crippen LogP contribution in [0.3, 0.4) is 0 Å². The quantitative estimate of drug-likeness (QED) is 0.520. The topological polar surface area (TPSA) is 128 Å². The fourth-order valence-electron chi connectivity index (χ4n) is 2.17. The molecule has 10 heteroatoms. The zero-order valence-electron chi connectivity index (χ0n) is 16.0. The number of carbonyl (C=O) groups excluding carboxylic acids is 4. The van der Waals surface area contributed by atoms with Crippen molar-refractivity contribution in [3.05, 3.63) is 59.9 Å². The van der Waals surface area contributed by atoms with Crippen molar-refractivity contribution in [2.75, 3.05) is 23.0 Å². The van der Waals surface area contributed by atoms with Gasteiger partial charge in [0, 0.05) is 16.9 Å². The number of nitrogens with two attached hydrogens (primary N) is 1. The average Bonchev–Trinajstić information content (AvgIpc) is 2.72. The average molecular weight is 433 g/mol. The third-order valence-electron chi connectivity index (χ3n) is 3.72. The van der Waals surface area contributed by atoms with Gasteiger partial charge in [0.2, 0.25) is 11.8 Å². The lowest BCUT2D eigenvalue weighted by molar-refractivity contribution is -0.146. The number of carbonyl (C=O) groups is 4. The Hall–Kier alpha value is -3.40. The smallest absolute Gasteiger partial charge is 0.319 e. The van der Waals surface area contributed by atoms with Crippen molar-refractivity contribution < 1.29 is 28.3 Å². The maximum atomic E-state index is 12.8. The molecule has 8 nitrogen and oxygen atoms in total. The molecule has 0 spiro atoms. The van der Waals surface area contributed by atoms with Crippen LogP contribution in [0.25, 0.3) is 0 Å². The van der Waals surface area contributed by atoms with E-state index in [0.29, 0.717) is 16.9 Å². The number of thioether (sulfide) groups is 1. The molecule has 0 bridgehead atoms. The zero-order chi connectivity index (χ0) is 22.1. The summed E-state index contributed by atoms with van der Waals surface area (Å²) in [6, 6.07) is 11.2. The normalized spacial score (nSPS) is 11.3. The van der Waals surface area contributed by atoms with Crippen LogP contribution in [0.15, 0.2) is 48.5 Å². The van der Waals surface area contributed by atoms with Crippen molar-refractivity contribution in [2.45, 2.75) is 12.2 Å². The van der Waals surface area contributed by atoms with Crippen LogP contribution in [-0.4, -0.2) is 41.3 Å². The van der Waals surface area contributed by atoms with Crippen molar-refractivity contribution >= 4 is 46.8 Å². The largest absolute Gasteiger partial charge is 0.455 e. The third kappa shape index (κ3) is 7.55. The maximum absolute atomic E-state index is 12.8. The predicted molar refractivity (Wildman–Crippen MR) is 111 cm³/mol. The van der Waals surface area contributed by atoms with Gasteiger partial charge in [-0.25, -0.2) is 4.39 Å². The van der Waals surface area contributed by atoms with E-state index in [0.717, 1.165) is 11.8 Å². The van der Waals surface area contributed by atoms with Crippen molar-refractivity contribution in [3.8, 4) is 0 Å². The highest BCUT2D eigenvalue weighted by molar-refractivity contribution is 8.01. The number of rotatable bonds is 9. The summed E-state index contributed by atoms with van der Waals surface area (Å²) in [5, 5.41) is 4.42. The molecule has 0 aliphatic carbocycles. The van der Waals surface area contributed by atoms with Gasteiger partial charge in [0.1, 0.15) is 11.1 Å². The second kappa shape index (κ2) is 11.0. The Morgan fingerprint density at radius 3 is 2.07 bits per heavy atom. The van der Waals surface area contributed by atoms with E-state index in [4.69, 9.17) is 10.5 Å². The molecule has 0 saturated carbocycles. The van der Waals surface area contributed by atoms with Crippen LogP contribution in [0.2, 0.25) is 0 Å². The number of esters is 1. The summed E-state index contributed by atoms with van der Waals surface area (Å²) in [6.45, 7) is 1.06. The first-order chi connectivity index (χ1) is 14.2. The highest BCUT2D eigenvalue weighted by atomic mass is 32.2. The molecule has 1 atom stereocenters.